The van der Waals surface area contributed by atoms with E-state index in [9.17, 15) is 4.79 Å². The molecule has 1 N–H and O–H groups in total. The normalized spacial score (nSPS) is 23.3. The molecule has 0 aromatic carbocycles. The summed E-state index contributed by atoms with van der Waals surface area (Å²) in [5.41, 5.74) is 0. The van der Waals surface area contributed by atoms with Gasteiger partial charge in [-0.3, -0.25) is 4.79 Å². The Morgan fingerprint density at radius 2 is 2.30 bits per heavy atom. The van der Waals surface area contributed by atoms with Gasteiger partial charge in [-0.1, -0.05) is 19.9 Å². The number of thiophene rings is 1. The fraction of sp³-hybridized carbons (Fsp3) is 0.688. The third-order valence-electron chi connectivity index (χ3n) is 4.00. The first-order valence-corrected chi connectivity index (χ1v) is 8.46. The molecule has 2 unspecified atom stereocenters. The molecule has 1 aliphatic rings. The zero-order chi connectivity index (χ0) is 14.5. The second-order valence-corrected chi connectivity index (χ2v) is 7.18. The van der Waals surface area contributed by atoms with E-state index in [2.05, 4.69) is 36.7 Å². The second kappa shape index (κ2) is 7.23. The molecule has 20 heavy (non-hydrogen) atoms. The van der Waals surface area contributed by atoms with Gasteiger partial charge in [0.05, 0.1) is 0 Å². The number of amides is 1. The van der Waals surface area contributed by atoms with Crippen LogP contribution < -0.4 is 5.32 Å². The van der Waals surface area contributed by atoms with E-state index >= 15 is 0 Å². The van der Waals surface area contributed by atoms with Crippen LogP contribution in [0.4, 0.5) is 0 Å². The smallest absolute Gasteiger partial charge is 0.219 e. The van der Waals surface area contributed by atoms with Crippen molar-refractivity contribution in [2.24, 2.45) is 5.92 Å². The Bertz CT molecular complexity index is 416. The molecule has 1 fully saturated rings. The molecule has 2 heterocycles. The number of nitrogens with one attached hydrogen (secondary N) is 1. The summed E-state index contributed by atoms with van der Waals surface area (Å²) in [6.07, 6.45) is 2.34. The molecule has 3 nitrogen and oxygen atoms in total. The Hall–Kier alpha value is -0.870. The van der Waals surface area contributed by atoms with E-state index in [0.717, 1.165) is 32.0 Å². The Kier molecular flexibility index (Phi) is 5.61. The number of rotatable bonds is 5. The number of hydrogen-bond acceptors (Lipinski definition) is 3. The van der Waals surface area contributed by atoms with Gasteiger partial charge in [-0.2, -0.15) is 0 Å². The van der Waals surface area contributed by atoms with Crippen LogP contribution >= 0.6 is 11.3 Å². The van der Waals surface area contributed by atoms with E-state index in [-0.39, 0.29) is 5.91 Å². The van der Waals surface area contributed by atoms with Crippen molar-refractivity contribution in [2.45, 2.75) is 45.6 Å². The zero-order valence-corrected chi connectivity index (χ0v) is 13.6. The third-order valence-corrected chi connectivity index (χ3v) is 5.03. The third kappa shape index (κ3) is 4.32. The molecule has 112 valence electrons. The minimum absolute atomic E-state index is 0.196. The average Bonchev–Trinajstić information content (AvgIpc) is 2.91. The van der Waals surface area contributed by atoms with Gasteiger partial charge in [0.1, 0.15) is 0 Å². The molecule has 0 aliphatic carbocycles. The van der Waals surface area contributed by atoms with E-state index in [1.165, 1.54) is 11.3 Å². The number of likely N-dealkylation sites (tertiary alicyclic amines) is 1. The SMILES string of the molecule is CC(=O)N1CC(NCCC(C)C)CC(c2cccs2)C1. The van der Waals surface area contributed by atoms with Gasteiger partial charge in [0.15, 0.2) is 0 Å². The molecule has 2 atom stereocenters. The first kappa shape index (κ1) is 15.5. The van der Waals surface area contributed by atoms with Crippen molar-refractivity contribution in [2.75, 3.05) is 19.6 Å². The van der Waals surface area contributed by atoms with Gasteiger partial charge in [-0.05, 0) is 36.8 Å². The van der Waals surface area contributed by atoms with Crippen LogP contribution in [0.15, 0.2) is 17.5 Å². The van der Waals surface area contributed by atoms with Gasteiger partial charge in [-0.15, -0.1) is 11.3 Å². The Labute approximate surface area is 126 Å². The lowest BCUT2D eigenvalue weighted by molar-refractivity contribution is -0.130. The summed E-state index contributed by atoms with van der Waals surface area (Å²) in [5.74, 6) is 1.41. The maximum Gasteiger partial charge on any atom is 0.219 e. The van der Waals surface area contributed by atoms with Crippen molar-refractivity contribution in [3.05, 3.63) is 22.4 Å². The van der Waals surface area contributed by atoms with Gasteiger partial charge in [0, 0.05) is 36.9 Å². The van der Waals surface area contributed by atoms with Crippen molar-refractivity contribution in [3.8, 4) is 0 Å². The highest BCUT2D eigenvalue weighted by Gasteiger charge is 2.29. The zero-order valence-electron chi connectivity index (χ0n) is 12.8. The number of nitrogens with zero attached hydrogens (tertiary/aromatic N) is 1. The molecular formula is C16H26N2OS. The maximum atomic E-state index is 11.7. The lowest BCUT2D eigenvalue weighted by Gasteiger charge is -2.37. The molecule has 0 radical (unpaired) electrons. The highest BCUT2D eigenvalue weighted by molar-refractivity contribution is 7.10. The Balaban J connectivity index is 1.96. The van der Waals surface area contributed by atoms with Gasteiger partial charge in [0.2, 0.25) is 5.91 Å². The number of carbonyl (C=O) groups excluding carboxylic acids is 1. The molecule has 0 bridgehead atoms. The predicted octanol–water partition coefficient (Wildman–Crippen LogP) is 3.09. The van der Waals surface area contributed by atoms with Crippen LogP contribution in [0.5, 0.6) is 0 Å². The summed E-state index contributed by atoms with van der Waals surface area (Å²) in [5, 5.41) is 5.77. The fourth-order valence-electron chi connectivity index (χ4n) is 2.81. The summed E-state index contributed by atoms with van der Waals surface area (Å²) in [6, 6.07) is 4.73. The molecule has 1 aliphatic heterocycles. The van der Waals surface area contributed by atoms with Crippen molar-refractivity contribution in [1.82, 2.24) is 10.2 Å². The molecule has 4 heteroatoms. The number of piperidine rings is 1. The Morgan fingerprint density at radius 1 is 1.50 bits per heavy atom. The van der Waals surface area contributed by atoms with Gasteiger partial charge in [-0.25, -0.2) is 0 Å². The standard InChI is InChI=1S/C16H26N2OS/c1-12(2)6-7-17-15-9-14(16-5-4-8-20-16)10-18(11-15)13(3)19/h4-5,8,12,14-15,17H,6-7,9-11H2,1-3H3. The van der Waals surface area contributed by atoms with Crippen LogP contribution in [-0.2, 0) is 4.79 Å². The second-order valence-electron chi connectivity index (χ2n) is 6.21. The summed E-state index contributed by atoms with van der Waals surface area (Å²) in [6.45, 7) is 8.96. The fourth-order valence-corrected chi connectivity index (χ4v) is 3.64. The van der Waals surface area contributed by atoms with Crippen LogP contribution in [0.1, 0.15) is 44.4 Å². The molecule has 1 aromatic heterocycles. The van der Waals surface area contributed by atoms with E-state index < -0.39 is 0 Å². The molecule has 1 amide bonds. The molecule has 1 saturated heterocycles. The van der Waals surface area contributed by atoms with Gasteiger partial charge in [0.25, 0.3) is 0 Å². The van der Waals surface area contributed by atoms with Gasteiger partial charge < -0.3 is 10.2 Å². The van der Waals surface area contributed by atoms with E-state index in [1.54, 1.807) is 6.92 Å². The quantitative estimate of drug-likeness (QED) is 0.905. The topological polar surface area (TPSA) is 32.3 Å². The van der Waals surface area contributed by atoms with E-state index in [0.29, 0.717) is 12.0 Å². The van der Waals surface area contributed by atoms with Gasteiger partial charge >= 0.3 is 0 Å². The van der Waals surface area contributed by atoms with Crippen molar-refractivity contribution >= 4 is 17.2 Å². The van der Waals surface area contributed by atoms with Crippen LogP contribution in [0.2, 0.25) is 0 Å². The van der Waals surface area contributed by atoms with Crippen LogP contribution in [0.25, 0.3) is 0 Å². The highest BCUT2D eigenvalue weighted by atomic mass is 32.1. The van der Waals surface area contributed by atoms with Crippen LogP contribution in [-0.4, -0.2) is 36.5 Å². The minimum atomic E-state index is 0.196. The lowest BCUT2D eigenvalue weighted by Crippen LogP contribution is -2.50. The van der Waals surface area contributed by atoms with Crippen LogP contribution in [0, 0.1) is 5.92 Å². The molecule has 0 spiro atoms. The first-order chi connectivity index (χ1) is 9.56. The molecule has 0 saturated carbocycles. The average molecular weight is 294 g/mol. The summed E-state index contributed by atoms with van der Waals surface area (Å²) >= 11 is 1.81. The molecule has 2 rings (SSSR count). The summed E-state index contributed by atoms with van der Waals surface area (Å²) < 4.78 is 0. The van der Waals surface area contributed by atoms with E-state index in [1.807, 2.05) is 16.2 Å². The van der Waals surface area contributed by atoms with Crippen LogP contribution in [0.3, 0.4) is 0 Å². The number of hydrogen-bond donors (Lipinski definition) is 1. The predicted molar refractivity (Wildman–Crippen MR) is 85.2 cm³/mol. The summed E-state index contributed by atoms with van der Waals surface area (Å²) in [7, 11) is 0. The van der Waals surface area contributed by atoms with E-state index in [4.69, 9.17) is 0 Å². The Morgan fingerprint density at radius 3 is 2.90 bits per heavy atom. The van der Waals surface area contributed by atoms with Crippen molar-refractivity contribution in [3.63, 3.8) is 0 Å². The molecule has 1 aromatic rings. The minimum Gasteiger partial charge on any atom is -0.341 e. The first-order valence-electron chi connectivity index (χ1n) is 7.58. The maximum absolute atomic E-state index is 11.7. The monoisotopic (exact) mass is 294 g/mol. The largest absolute Gasteiger partial charge is 0.341 e. The lowest BCUT2D eigenvalue weighted by atomic mass is 9.92. The number of carbonyl (C=O) groups is 1. The van der Waals surface area contributed by atoms with Crippen molar-refractivity contribution < 1.29 is 4.79 Å². The highest BCUT2D eigenvalue weighted by Crippen LogP contribution is 2.30. The summed E-state index contributed by atoms with van der Waals surface area (Å²) in [4.78, 5) is 15.2. The molecular weight excluding hydrogens is 268 g/mol. The van der Waals surface area contributed by atoms with Crippen molar-refractivity contribution in [1.29, 1.82) is 0 Å².